The molecule has 1 aromatic rings. The first-order valence-corrected chi connectivity index (χ1v) is 8.15. The molecule has 0 radical (unpaired) electrons. The van der Waals surface area contributed by atoms with Gasteiger partial charge in [-0.3, -0.25) is 9.69 Å². The third-order valence-corrected chi connectivity index (χ3v) is 3.86. The van der Waals surface area contributed by atoms with Crippen LogP contribution in [0.25, 0.3) is 0 Å². The zero-order valence-corrected chi connectivity index (χ0v) is 14.9. The highest BCUT2D eigenvalue weighted by molar-refractivity contribution is 5.79. The van der Waals surface area contributed by atoms with Gasteiger partial charge in [0.15, 0.2) is 6.29 Å². The van der Waals surface area contributed by atoms with Gasteiger partial charge in [0.25, 0.3) is 0 Å². The molecule has 132 valence electrons. The first-order chi connectivity index (χ1) is 11.3. The smallest absolute Gasteiger partial charge is 0.410 e. The van der Waals surface area contributed by atoms with E-state index in [0.717, 1.165) is 31.5 Å². The second-order valence-corrected chi connectivity index (χ2v) is 6.94. The quantitative estimate of drug-likeness (QED) is 0.792. The molecule has 24 heavy (non-hydrogen) atoms. The number of methoxy groups -OCH3 is 1. The lowest BCUT2D eigenvalue weighted by molar-refractivity contribution is 0.0139. The number of hydrogen-bond donors (Lipinski definition) is 0. The van der Waals surface area contributed by atoms with Crippen molar-refractivity contribution in [3.05, 3.63) is 29.3 Å². The first kappa shape index (κ1) is 18.3. The highest BCUT2D eigenvalue weighted by Crippen LogP contribution is 2.20. The van der Waals surface area contributed by atoms with Crippen molar-refractivity contribution in [2.75, 3.05) is 33.3 Å². The molecule has 0 N–H and O–H groups in total. The van der Waals surface area contributed by atoms with Gasteiger partial charge in [-0.15, -0.1) is 0 Å². The Balaban J connectivity index is 1.89. The van der Waals surface area contributed by atoms with Crippen LogP contribution in [0.2, 0.25) is 0 Å². The zero-order chi connectivity index (χ0) is 17.7. The molecule has 0 aromatic heterocycles. The van der Waals surface area contributed by atoms with Crippen molar-refractivity contribution in [1.29, 1.82) is 0 Å². The molecule has 1 amide bonds. The van der Waals surface area contributed by atoms with Crippen LogP contribution in [0.1, 0.15) is 36.7 Å². The summed E-state index contributed by atoms with van der Waals surface area (Å²) < 4.78 is 10.6. The van der Waals surface area contributed by atoms with E-state index >= 15 is 0 Å². The number of carbonyl (C=O) groups excluding carboxylic acids is 2. The van der Waals surface area contributed by atoms with E-state index in [-0.39, 0.29) is 6.09 Å². The number of piperazine rings is 1. The molecular formula is C18H26N2O4. The van der Waals surface area contributed by atoms with Crippen LogP contribution in [0.4, 0.5) is 4.79 Å². The van der Waals surface area contributed by atoms with E-state index in [4.69, 9.17) is 9.47 Å². The maximum atomic E-state index is 12.1. The van der Waals surface area contributed by atoms with Crippen LogP contribution >= 0.6 is 0 Å². The van der Waals surface area contributed by atoms with E-state index in [1.165, 1.54) is 0 Å². The molecule has 0 atom stereocenters. The third-order valence-electron chi connectivity index (χ3n) is 3.86. The number of benzene rings is 1. The highest BCUT2D eigenvalue weighted by atomic mass is 16.6. The van der Waals surface area contributed by atoms with Gasteiger partial charge in [-0.2, -0.15) is 0 Å². The van der Waals surface area contributed by atoms with Gasteiger partial charge in [-0.25, -0.2) is 4.79 Å². The Hall–Kier alpha value is -2.08. The fourth-order valence-electron chi connectivity index (χ4n) is 2.62. The predicted molar refractivity (Wildman–Crippen MR) is 91.5 cm³/mol. The molecule has 6 heteroatoms. The second-order valence-electron chi connectivity index (χ2n) is 6.94. The van der Waals surface area contributed by atoms with Gasteiger partial charge in [-0.05, 0) is 38.5 Å². The van der Waals surface area contributed by atoms with Gasteiger partial charge in [-0.1, -0.05) is 6.07 Å². The Morgan fingerprint density at radius 3 is 2.42 bits per heavy atom. The summed E-state index contributed by atoms with van der Waals surface area (Å²) in [7, 11) is 1.56. The van der Waals surface area contributed by atoms with Crippen LogP contribution in [-0.2, 0) is 11.3 Å². The number of carbonyl (C=O) groups is 2. The van der Waals surface area contributed by atoms with E-state index in [1.54, 1.807) is 18.1 Å². The maximum absolute atomic E-state index is 12.1. The van der Waals surface area contributed by atoms with Crippen molar-refractivity contribution in [3.63, 3.8) is 0 Å². The first-order valence-electron chi connectivity index (χ1n) is 8.15. The normalized spacial score (nSPS) is 15.9. The van der Waals surface area contributed by atoms with E-state index in [1.807, 2.05) is 32.9 Å². The number of hydrogen-bond acceptors (Lipinski definition) is 5. The summed E-state index contributed by atoms with van der Waals surface area (Å²) in [5.74, 6) is 0.592. The SMILES string of the molecule is COc1cc(CN2CCN(C(=O)OC(C)(C)C)CC2)ccc1C=O. The van der Waals surface area contributed by atoms with Crippen LogP contribution < -0.4 is 4.74 Å². The summed E-state index contributed by atoms with van der Waals surface area (Å²) >= 11 is 0. The van der Waals surface area contributed by atoms with Crippen molar-refractivity contribution < 1.29 is 19.1 Å². The lowest BCUT2D eigenvalue weighted by atomic mass is 10.1. The highest BCUT2D eigenvalue weighted by Gasteiger charge is 2.25. The van der Waals surface area contributed by atoms with Crippen molar-refractivity contribution in [2.45, 2.75) is 32.9 Å². The molecule has 0 unspecified atom stereocenters. The number of aldehydes is 1. The van der Waals surface area contributed by atoms with Crippen molar-refractivity contribution in [3.8, 4) is 5.75 Å². The molecule has 2 rings (SSSR count). The van der Waals surface area contributed by atoms with E-state index < -0.39 is 5.60 Å². The standard InChI is InChI=1S/C18H26N2O4/c1-18(2,3)24-17(22)20-9-7-19(8-10-20)12-14-5-6-15(13-21)16(11-14)23-4/h5-6,11,13H,7-10,12H2,1-4H3. The molecule has 1 fully saturated rings. The molecule has 0 aliphatic carbocycles. The molecular weight excluding hydrogens is 308 g/mol. The minimum atomic E-state index is -0.467. The summed E-state index contributed by atoms with van der Waals surface area (Å²) in [5, 5.41) is 0. The molecule has 1 aliphatic heterocycles. The predicted octanol–water partition coefficient (Wildman–Crippen LogP) is 2.56. The van der Waals surface area contributed by atoms with E-state index in [0.29, 0.717) is 24.4 Å². The molecule has 1 aliphatic rings. The van der Waals surface area contributed by atoms with Crippen LogP contribution in [0, 0.1) is 0 Å². The largest absolute Gasteiger partial charge is 0.496 e. The van der Waals surface area contributed by atoms with Crippen molar-refractivity contribution in [1.82, 2.24) is 9.80 Å². The molecule has 1 aromatic carbocycles. The average Bonchev–Trinajstić information content (AvgIpc) is 2.53. The second kappa shape index (κ2) is 7.66. The molecule has 1 heterocycles. The number of amides is 1. The molecule has 0 bridgehead atoms. The van der Waals surface area contributed by atoms with Crippen LogP contribution in [-0.4, -0.2) is 61.1 Å². The Bertz CT molecular complexity index is 587. The molecule has 0 saturated carbocycles. The third kappa shape index (κ3) is 4.96. The van der Waals surface area contributed by atoms with Gasteiger partial charge in [0.2, 0.25) is 0 Å². The number of ether oxygens (including phenoxy) is 2. The minimum Gasteiger partial charge on any atom is -0.496 e. The van der Waals surface area contributed by atoms with Gasteiger partial charge in [0, 0.05) is 32.7 Å². The molecule has 0 spiro atoms. The van der Waals surface area contributed by atoms with Crippen LogP contribution in [0.5, 0.6) is 5.75 Å². The van der Waals surface area contributed by atoms with Crippen molar-refractivity contribution >= 4 is 12.4 Å². The van der Waals surface area contributed by atoms with Gasteiger partial charge >= 0.3 is 6.09 Å². The zero-order valence-electron chi connectivity index (χ0n) is 14.9. The lowest BCUT2D eigenvalue weighted by Crippen LogP contribution is -2.49. The Morgan fingerprint density at radius 2 is 1.88 bits per heavy atom. The summed E-state index contributed by atoms with van der Waals surface area (Å²) in [5.41, 5.74) is 1.17. The summed E-state index contributed by atoms with van der Waals surface area (Å²) in [6, 6.07) is 5.61. The van der Waals surface area contributed by atoms with Gasteiger partial charge < -0.3 is 14.4 Å². The molecule has 1 saturated heterocycles. The minimum absolute atomic E-state index is 0.251. The van der Waals surface area contributed by atoms with Crippen LogP contribution in [0.15, 0.2) is 18.2 Å². The summed E-state index contributed by atoms with van der Waals surface area (Å²) in [4.78, 5) is 27.0. The number of nitrogens with zero attached hydrogens (tertiary/aromatic N) is 2. The summed E-state index contributed by atoms with van der Waals surface area (Å²) in [6.45, 7) is 9.26. The fourth-order valence-corrected chi connectivity index (χ4v) is 2.62. The maximum Gasteiger partial charge on any atom is 0.410 e. The van der Waals surface area contributed by atoms with Gasteiger partial charge in [0.05, 0.1) is 12.7 Å². The van der Waals surface area contributed by atoms with Gasteiger partial charge in [0.1, 0.15) is 11.4 Å². The van der Waals surface area contributed by atoms with Crippen molar-refractivity contribution in [2.24, 2.45) is 0 Å². The lowest BCUT2D eigenvalue weighted by Gasteiger charge is -2.35. The average molecular weight is 334 g/mol. The monoisotopic (exact) mass is 334 g/mol. The topological polar surface area (TPSA) is 59.1 Å². The van der Waals surface area contributed by atoms with Crippen LogP contribution in [0.3, 0.4) is 0 Å². The Morgan fingerprint density at radius 1 is 1.21 bits per heavy atom. The fraction of sp³-hybridized carbons (Fsp3) is 0.556. The number of rotatable bonds is 4. The van der Waals surface area contributed by atoms with E-state index in [2.05, 4.69) is 4.90 Å². The summed E-state index contributed by atoms with van der Waals surface area (Å²) in [6.07, 6.45) is 0.543. The Labute approximate surface area is 143 Å². The van der Waals surface area contributed by atoms with E-state index in [9.17, 15) is 9.59 Å². The molecule has 6 nitrogen and oxygen atoms in total. The Kier molecular flexibility index (Phi) is 5.83.